The molecule has 0 unspecified atom stereocenters. The maximum absolute atomic E-state index is 12.6. The lowest BCUT2D eigenvalue weighted by Gasteiger charge is -2.31. The molecule has 2 heterocycles. The highest BCUT2D eigenvalue weighted by Crippen LogP contribution is 2.24. The lowest BCUT2D eigenvalue weighted by Crippen LogP contribution is -2.41. The molecular weight excluding hydrogens is 420 g/mol. The van der Waals surface area contributed by atoms with E-state index in [1.165, 1.54) is 34.9 Å². The van der Waals surface area contributed by atoms with Gasteiger partial charge in [-0.2, -0.15) is 4.31 Å². The average molecular weight is 439 g/mol. The first kappa shape index (κ1) is 21.2. The molecule has 3 rings (SSSR count). The van der Waals surface area contributed by atoms with E-state index in [0.29, 0.717) is 32.5 Å². The Morgan fingerprint density at radius 1 is 1.31 bits per heavy atom. The minimum Gasteiger partial charge on any atom is -0.352 e. The van der Waals surface area contributed by atoms with Crippen molar-refractivity contribution in [2.45, 2.75) is 17.7 Å². The first-order valence-electron chi connectivity index (χ1n) is 8.91. The second kappa shape index (κ2) is 8.85. The minimum atomic E-state index is -3.57. The smallest absolute Gasteiger partial charge is 0.270 e. The number of sulfonamides is 1. The fourth-order valence-electron chi connectivity index (χ4n) is 3.14. The van der Waals surface area contributed by atoms with Gasteiger partial charge in [0.1, 0.15) is 4.90 Å². The Labute approximate surface area is 172 Å². The van der Waals surface area contributed by atoms with Crippen LogP contribution in [0.3, 0.4) is 0 Å². The minimum absolute atomic E-state index is 0.00841. The van der Waals surface area contributed by atoms with Crippen LogP contribution in [0.4, 0.5) is 5.69 Å². The molecule has 29 heavy (non-hydrogen) atoms. The van der Waals surface area contributed by atoms with Crippen molar-refractivity contribution in [1.82, 2.24) is 14.6 Å². The van der Waals surface area contributed by atoms with Crippen LogP contribution < -0.4 is 5.32 Å². The standard InChI is InChI=1S/C18H19ClN4O5S/c19-17-10-14(23(25)26)3-4-16(17)18(24)21-11-13-5-8-22(9-6-13)29(27,28)15-2-1-7-20-12-15/h1-4,7,10,12-13H,5-6,8-9,11H2,(H,21,24). The van der Waals surface area contributed by atoms with Crippen molar-refractivity contribution in [2.75, 3.05) is 19.6 Å². The molecule has 0 spiro atoms. The second-order valence-corrected chi connectivity index (χ2v) is 9.01. The van der Waals surface area contributed by atoms with E-state index in [2.05, 4.69) is 10.3 Å². The first-order valence-corrected chi connectivity index (χ1v) is 10.7. The Morgan fingerprint density at radius 2 is 2.03 bits per heavy atom. The molecule has 1 N–H and O–H groups in total. The number of nitro groups is 1. The number of rotatable bonds is 6. The van der Waals surface area contributed by atoms with E-state index in [4.69, 9.17) is 11.6 Å². The lowest BCUT2D eigenvalue weighted by molar-refractivity contribution is -0.384. The van der Waals surface area contributed by atoms with Crippen LogP contribution in [0.25, 0.3) is 0 Å². The molecule has 1 saturated heterocycles. The maximum Gasteiger partial charge on any atom is 0.270 e. The first-order chi connectivity index (χ1) is 13.8. The SMILES string of the molecule is O=C(NCC1CCN(S(=O)(=O)c2cccnc2)CC1)c1ccc([N+](=O)[O-])cc1Cl. The van der Waals surface area contributed by atoms with Crippen molar-refractivity contribution in [3.63, 3.8) is 0 Å². The van der Waals surface area contributed by atoms with Gasteiger partial charge in [0, 0.05) is 44.2 Å². The summed E-state index contributed by atoms with van der Waals surface area (Å²) < 4.78 is 26.6. The van der Waals surface area contributed by atoms with Crippen LogP contribution in [0.2, 0.25) is 5.02 Å². The van der Waals surface area contributed by atoms with Gasteiger partial charge in [-0.05, 0) is 37.0 Å². The maximum atomic E-state index is 12.6. The van der Waals surface area contributed by atoms with Gasteiger partial charge in [-0.25, -0.2) is 8.42 Å². The molecule has 1 aliphatic rings. The number of carbonyl (C=O) groups excluding carboxylic acids is 1. The number of nitrogens with zero attached hydrogens (tertiary/aromatic N) is 3. The van der Waals surface area contributed by atoms with Gasteiger partial charge in [0.15, 0.2) is 0 Å². The zero-order valence-electron chi connectivity index (χ0n) is 15.3. The summed E-state index contributed by atoms with van der Waals surface area (Å²) in [4.78, 5) is 26.5. The summed E-state index contributed by atoms with van der Waals surface area (Å²) >= 11 is 5.97. The van der Waals surface area contributed by atoms with Crippen molar-refractivity contribution >= 4 is 33.2 Å². The van der Waals surface area contributed by atoms with Crippen LogP contribution in [-0.2, 0) is 10.0 Å². The third-order valence-electron chi connectivity index (χ3n) is 4.81. The van der Waals surface area contributed by atoms with Crippen molar-refractivity contribution in [3.05, 3.63) is 63.4 Å². The van der Waals surface area contributed by atoms with Crippen LogP contribution >= 0.6 is 11.6 Å². The Kier molecular flexibility index (Phi) is 6.46. The highest BCUT2D eigenvalue weighted by Gasteiger charge is 2.29. The normalized spacial score (nSPS) is 15.8. The van der Waals surface area contributed by atoms with E-state index in [0.717, 1.165) is 6.07 Å². The van der Waals surface area contributed by atoms with Crippen molar-refractivity contribution in [2.24, 2.45) is 5.92 Å². The Hall–Kier alpha value is -2.56. The number of non-ortho nitro benzene ring substituents is 1. The molecule has 0 radical (unpaired) electrons. The van der Waals surface area contributed by atoms with Crippen molar-refractivity contribution in [1.29, 1.82) is 0 Å². The third-order valence-corrected chi connectivity index (χ3v) is 7.00. The number of hydrogen-bond donors (Lipinski definition) is 1. The van der Waals surface area contributed by atoms with Gasteiger partial charge >= 0.3 is 0 Å². The van der Waals surface area contributed by atoms with Gasteiger partial charge in [0.05, 0.1) is 15.5 Å². The molecule has 1 aromatic carbocycles. The quantitative estimate of drug-likeness (QED) is 0.546. The number of hydrogen-bond acceptors (Lipinski definition) is 6. The lowest BCUT2D eigenvalue weighted by atomic mass is 9.98. The van der Waals surface area contributed by atoms with E-state index in [1.807, 2.05) is 0 Å². The molecule has 0 saturated carbocycles. The van der Waals surface area contributed by atoms with Gasteiger partial charge < -0.3 is 5.32 Å². The molecule has 11 heteroatoms. The number of nitro benzene ring substituents is 1. The van der Waals surface area contributed by atoms with Gasteiger partial charge in [-0.3, -0.25) is 19.9 Å². The van der Waals surface area contributed by atoms with Crippen LogP contribution in [0.5, 0.6) is 0 Å². The van der Waals surface area contributed by atoms with E-state index in [9.17, 15) is 23.3 Å². The Morgan fingerprint density at radius 3 is 2.62 bits per heavy atom. The van der Waals surface area contributed by atoms with Crippen molar-refractivity contribution in [3.8, 4) is 0 Å². The number of halogens is 1. The number of pyridine rings is 1. The molecule has 0 atom stereocenters. The topological polar surface area (TPSA) is 123 Å². The molecular formula is C18H19ClN4O5S. The van der Waals surface area contributed by atoms with Crippen LogP contribution in [-0.4, -0.2) is 48.2 Å². The number of nitrogens with one attached hydrogen (secondary N) is 1. The van der Waals surface area contributed by atoms with Crippen LogP contribution in [0, 0.1) is 16.0 Å². The molecule has 9 nitrogen and oxygen atoms in total. The monoisotopic (exact) mass is 438 g/mol. The highest BCUT2D eigenvalue weighted by molar-refractivity contribution is 7.89. The predicted molar refractivity (Wildman–Crippen MR) is 106 cm³/mol. The number of piperidine rings is 1. The zero-order valence-corrected chi connectivity index (χ0v) is 16.9. The van der Waals surface area contributed by atoms with Crippen LogP contribution in [0.1, 0.15) is 23.2 Å². The zero-order chi connectivity index (χ0) is 21.0. The van der Waals surface area contributed by atoms with Gasteiger partial charge in [-0.15, -0.1) is 0 Å². The summed E-state index contributed by atoms with van der Waals surface area (Å²) in [5, 5.41) is 13.5. The molecule has 1 aliphatic heterocycles. The number of amides is 1. The van der Waals surface area contributed by atoms with Gasteiger partial charge in [-0.1, -0.05) is 11.6 Å². The number of benzene rings is 1. The fourth-order valence-corrected chi connectivity index (χ4v) is 4.83. The summed E-state index contributed by atoms with van der Waals surface area (Å²) in [5.41, 5.74) is -0.0254. The number of aromatic nitrogens is 1. The average Bonchev–Trinajstić information content (AvgIpc) is 2.72. The van der Waals surface area contributed by atoms with E-state index >= 15 is 0 Å². The fraction of sp³-hybridized carbons (Fsp3) is 0.333. The second-order valence-electron chi connectivity index (χ2n) is 6.67. The van der Waals surface area contributed by atoms with Crippen molar-refractivity contribution < 1.29 is 18.1 Å². The summed E-state index contributed by atoms with van der Waals surface area (Å²) in [5.74, 6) is -0.300. The summed E-state index contributed by atoms with van der Waals surface area (Å²) in [6.07, 6.45) is 4.06. The van der Waals surface area contributed by atoms with E-state index in [1.54, 1.807) is 6.07 Å². The summed E-state index contributed by atoms with van der Waals surface area (Å²) in [6, 6.07) is 6.78. The Bertz CT molecular complexity index is 1010. The van der Waals surface area contributed by atoms with Crippen LogP contribution in [0.15, 0.2) is 47.6 Å². The molecule has 1 aromatic heterocycles. The molecule has 154 valence electrons. The Balaban J connectivity index is 1.54. The van der Waals surface area contributed by atoms with Gasteiger partial charge in [0.2, 0.25) is 10.0 Å². The summed E-state index contributed by atoms with van der Waals surface area (Å²) in [7, 11) is -3.57. The molecule has 1 fully saturated rings. The van der Waals surface area contributed by atoms with E-state index in [-0.39, 0.29) is 27.1 Å². The third kappa shape index (κ3) is 4.89. The molecule has 0 bridgehead atoms. The highest BCUT2D eigenvalue weighted by atomic mass is 35.5. The summed E-state index contributed by atoms with van der Waals surface area (Å²) in [6.45, 7) is 1.08. The van der Waals surface area contributed by atoms with E-state index < -0.39 is 20.9 Å². The molecule has 1 amide bonds. The molecule has 2 aromatic rings. The molecule has 0 aliphatic carbocycles. The predicted octanol–water partition coefficient (Wildman–Crippen LogP) is 2.47. The van der Waals surface area contributed by atoms with Gasteiger partial charge in [0.25, 0.3) is 11.6 Å². The largest absolute Gasteiger partial charge is 0.352 e. The number of carbonyl (C=O) groups is 1.